The van der Waals surface area contributed by atoms with E-state index in [9.17, 15) is 4.79 Å². The van der Waals surface area contributed by atoms with Crippen molar-refractivity contribution in [3.63, 3.8) is 0 Å². The zero-order valence-corrected chi connectivity index (χ0v) is 9.56. The highest BCUT2D eigenvalue weighted by Crippen LogP contribution is 2.21. The van der Waals surface area contributed by atoms with Gasteiger partial charge in [0.1, 0.15) is 0 Å². The van der Waals surface area contributed by atoms with Gasteiger partial charge in [-0.25, -0.2) is 0 Å². The van der Waals surface area contributed by atoms with Crippen LogP contribution in [0.1, 0.15) is 35.0 Å². The van der Waals surface area contributed by atoms with Gasteiger partial charge in [0.05, 0.1) is 4.88 Å². The number of ketones is 1. The summed E-state index contributed by atoms with van der Waals surface area (Å²) in [6.45, 7) is 4.52. The zero-order valence-electron chi connectivity index (χ0n) is 8.75. The van der Waals surface area contributed by atoms with Gasteiger partial charge in [-0.2, -0.15) is 0 Å². The molecule has 0 amide bonds. The van der Waals surface area contributed by atoms with Crippen molar-refractivity contribution in [2.45, 2.75) is 26.7 Å². The molecule has 2 nitrogen and oxygen atoms in total. The number of hydrogen-bond acceptors (Lipinski definition) is 3. The minimum absolute atomic E-state index is 0.0114. The smallest absolute Gasteiger partial charge is 0.177 e. The predicted octanol–water partition coefficient (Wildman–Crippen LogP) is 2.61. The van der Waals surface area contributed by atoms with Crippen molar-refractivity contribution >= 4 is 17.1 Å². The Morgan fingerprint density at radius 3 is 2.79 bits per heavy atom. The lowest BCUT2D eigenvalue weighted by atomic mass is 9.96. The summed E-state index contributed by atoms with van der Waals surface area (Å²) in [4.78, 5) is 12.9. The summed E-state index contributed by atoms with van der Waals surface area (Å²) in [5, 5.41) is 1.96. The van der Waals surface area contributed by atoms with Crippen LogP contribution < -0.4 is 5.73 Å². The molecule has 0 saturated heterocycles. The first-order chi connectivity index (χ1) is 6.70. The molecule has 0 aliphatic heterocycles. The van der Waals surface area contributed by atoms with Gasteiger partial charge in [0.2, 0.25) is 0 Å². The molecule has 0 fully saturated rings. The zero-order chi connectivity index (χ0) is 10.6. The van der Waals surface area contributed by atoms with Crippen molar-refractivity contribution in [3.05, 3.63) is 21.9 Å². The number of aryl methyl sites for hydroxylation is 1. The van der Waals surface area contributed by atoms with Crippen molar-refractivity contribution in [2.75, 3.05) is 6.54 Å². The fourth-order valence-corrected chi connectivity index (χ4v) is 2.46. The minimum atomic E-state index is 0.0114. The molecule has 0 aliphatic carbocycles. The molecule has 0 bridgehead atoms. The van der Waals surface area contributed by atoms with E-state index in [1.54, 1.807) is 0 Å². The van der Waals surface area contributed by atoms with E-state index in [0.29, 0.717) is 6.54 Å². The lowest BCUT2D eigenvalue weighted by molar-refractivity contribution is 0.0921. The number of carbonyl (C=O) groups excluding carboxylic acids is 1. The van der Waals surface area contributed by atoms with Crippen LogP contribution in [-0.4, -0.2) is 12.3 Å². The Bertz CT molecular complexity index is 306. The van der Waals surface area contributed by atoms with Crippen LogP contribution in [-0.2, 0) is 0 Å². The van der Waals surface area contributed by atoms with Gasteiger partial charge in [-0.05, 0) is 30.4 Å². The van der Waals surface area contributed by atoms with E-state index in [-0.39, 0.29) is 11.7 Å². The van der Waals surface area contributed by atoms with E-state index in [4.69, 9.17) is 5.73 Å². The second-order valence-electron chi connectivity index (χ2n) is 3.52. The van der Waals surface area contributed by atoms with Gasteiger partial charge in [-0.1, -0.05) is 13.3 Å². The molecule has 1 aromatic rings. The second-order valence-corrected chi connectivity index (χ2v) is 4.43. The van der Waals surface area contributed by atoms with Crippen LogP contribution in [0, 0.1) is 12.8 Å². The molecule has 0 aliphatic rings. The van der Waals surface area contributed by atoms with Crippen LogP contribution in [0.3, 0.4) is 0 Å². The monoisotopic (exact) mass is 211 g/mol. The highest BCUT2D eigenvalue weighted by Gasteiger charge is 2.19. The second kappa shape index (κ2) is 5.27. The standard InChI is InChI=1S/C11H17NOS/c1-3-4-9(7-12)10(13)11-8(2)5-6-14-11/h5-6,9H,3-4,7,12H2,1-2H3. The first-order valence-corrected chi connectivity index (χ1v) is 5.87. The average molecular weight is 211 g/mol. The molecular weight excluding hydrogens is 194 g/mol. The van der Waals surface area contributed by atoms with Crippen LogP contribution in [0.4, 0.5) is 0 Å². The maximum atomic E-state index is 12.0. The summed E-state index contributed by atoms with van der Waals surface area (Å²) in [5.41, 5.74) is 6.68. The van der Waals surface area contributed by atoms with E-state index in [2.05, 4.69) is 6.92 Å². The van der Waals surface area contributed by atoms with Gasteiger partial charge in [0, 0.05) is 12.5 Å². The average Bonchev–Trinajstić information content (AvgIpc) is 2.59. The van der Waals surface area contributed by atoms with Gasteiger partial charge in [0.15, 0.2) is 5.78 Å². The van der Waals surface area contributed by atoms with Crippen LogP contribution in [0.5, 0.6) is 0 Å². The fraction of sp³-hybridized carbons (Fsp3) is 0.545. The van der Waals surface area contributed by atoms with Crippen molar-refractivity contribution in [1.29, 1.82) is 0 Å². The molecule has 78 valence electrons. The molecule has 1 unspecified atom stereocenters. The highest BCUT2D eigenvalue weighted by atomic mass is 32.1. The summed E-state index contributed by atoms with van der Waals surface area (Å²) in [7, 11) is 0. The Balaban J connectivity index is 2.78. The molecule has 2 N–H and O–H groups in total. The molecule has 1 rings (SSSR count). The number of carbonyl (C=O) groups is 1. The van der Waals surface area contributed by atoms with E-state index in [0.717, 1.165) is 23.3 Å². The summed E-state index contributed by atoms with van der Waals surface area (Å²) in [5.74, 6) is 0.235. The number of Topliss-reactive ketones (excluding diaryl/α,β-unsaturated/α-hetero) is 1. The molecule has 0 radical (unpaired) electrons. The third kappa shape index (κ3) is 2.42. The fourth-order valence-electron chi connectivity index (χ4n) is 1.52. The Labute approximate surface area is 89.1 Å². The van der Waals surface area contributed by atoms with Gasteiger partial charge in [-0.3, -0.25) is 4.79 Å². The summed E-state index contributed by atoms with van der Waals surface area (Å²) in [6.07, 6.45) is 1.91. The molecule has 3 heteroatoms. The maximum Gasteiger partial charge on any atom is 0.177 e. The third-order valence-corrected chi connectivity index (χ3v) is 3.41. The number of thiophene rings is 1. The van der Waals surface area contributed by atoms with Crippen molar-refractivity contribution < 1.29 is 4.79 Å². The van der Waals surface area contributed by atoms with E-state index >= 15 is 0 Å². The Morgan fingerprint density at radius 2 is 2.36 bits per heavy atom. The number of nitrogens with two attached hydrogens (primary N) is 1. The molecule has 0 saturated carbocycles. The molecule has 1 heterocycles. The van der Waals surface area contributed by atoms with Gasteiger partial charge in [0.25, 0.3) is 0 Å². The predicted molar refractivity (Wildman–Crippen MR) is 60.8 cm³/mol. The van der Waals surface area contributed by atoms with Crippen molar-refractivity contribution in [3.8, 4) is 0 Å². The van der Waals surface area contributed by atoms with Gasteiger partial charge < -0.3 is 5.73 Å². The molecule has 1 atom stereocenters. The lowest BCUT2D eigenvalue weighted by Crippen LogP contribution is -2.23. The van der Waals surface area contributed by atoms with Crippen LogP contribution in [0.15, 0.2) is 11.4 Å². The SMILES string of the molecule is CCCC(CN)C(=O)c1sccc1C. The molecule has 14 heavy (non-hydrogen) atoms. The third-order valence-electron chi connectivity index (χ3n) is 2.38. The largest absolute Gasteiger partial charge is 0.330 e. The van der Waals surface area contributed by atoms with Crippen LogP contribution >= 0.6 is 11.3 Å². The topological polar surface area (TPSA) is 43.1 Å². The van der Waals surface area contributed by atoms with Crippen LogP contribution in [0.2, 0.25) is 0 Å². The summed E-state index contributed by atoms with van der Waals surface area (Å²) < 4.78 is 0. The molecule has 1 aromatic heterocycles. The summed E-state index contributed by atoms with van der Waals surface area (Å²) >= 11 is 1.52. The highest BCUT2D eigenvalue weighted by molar-refractivity contribution is 7.12. The molecule has 0 spiro atoms. The molecular formula is C11H17NOS. The maximum absolute atomic E-state index is 12.0. The first-order valence-electron chi connectivity index (χ1n) is 4.99. The minimum Gasteiger partial charge on any atom is -0.330 e. The normalized spacial score (nSPS) is 12.8. The van der Waals surface area contributed by atoms with Gasteiger partial charge in [-0.15, -0.1) is 11.3 Å². The lowest BCUT2D eigenvalue weighted by Gasteiger charge is -2.11. The Kier molecular flexibility index (Phi) is 4.29. The Hall–Kier alpha value is -0.670. The molecule has 0 aromatic carbocycles. The van der Waals surface area contributed by atoms with E-state index in [1.165, 1.54) is 11.3 Å². The van der Waals surface area contributed by atoms with Crippen molar-refractivity contribution in [2.24, 2.45) is 11.7 Å². The van der Waals surface area contributed by atoms with E-state index < -0.39 is 0 Å². The number of rotatable bonds is 5. The van der Waals surface area contributed by atoms with Crippen LogP contribution in [0.25, 0.3) is 0 Å². The number of hydrogen-bond donors (Lipinski definition) is 1. The first kappa shape index (κ1) is 11.4. The quantitative estimate of drug-likeness (QED) is 0.761. The summed E-state index contributed by atoms with van der Waals surface area (Å²) in [6, 6.07) is 1.98. The van der Waals surface area contributed by atoms with E-state index in [1.807, 2.05) is 18.4 Å². The van der Waals surface area contributed by atoms with Crippen molar-refractivity contribution in [1.82, 2.24) is 0 Å². The Morgan fingerprint density at radius 1 is 1.64 bits per heavy atom. The van der Waals surface area contributed by atoms with Gasteiger partial charge >= 0.3 is 0 Å².